The lowest BCUT2D eigenvalue weighted by molar-refractivity contribution is -0.138. The molecule has 0 aromatic rings. The van der Waals surface area contributed by atoms with Gasteiger partial charge in [0.25, 0.3) is 0 Å². The summed E-state index contributed by atoms with van der Waals surface area (Å²) in [6.07, 6.45) is 6.84. The highest BCUT2D eigenvalue weighted by atomic mass is 16.4. The molecule has 21 heavy (non-hydrogen) atoms. The van der Waals surface area contributed by atoms with Crippen molar-refractivity contribution in [3.05, 3.63) is 12.7 Å². The molecule has 0 saturated carbocycles. The maximum Gasteiger partial charge on any atom is 0.317 e. The van der Waals surface area contributed by atoms with Gasteiger partial charge in [-0.1, -0.05) is 12.5 Å². The number of aliphatic hydroxyl groups is 1. The van der Waals surface area contributed by atoms with Gasteiger partial charge in [-0.15, -0.1) is 6.58 Å². The Morgan fingerprint density at radius 2 is 1.90 bits per heavy atom. The zero-order valence-electron chi connectivity index (χ0n) is 12.7. The Balaban J connectivity index is 3.72. The fourth-order valence-electron chi connectivity index (χ4n) is 1.95. The summed E-state index contributed by atoms with van der Waals surface area (Å²) in [5.74, 6) is -0.896. The van der Waals surface area contributed by atoms with E-state index in [1.807, 2.05) is 6.08 Å². The molecule has 0 fully saturated rings. The summed E-state index contributed by atoms with van der Waals surface area (Å²) in [4.78, 5) is 24.0. The van der Waals surface area contributed by atoms with Crippen LogP contribution in [0.1, 0.15) is 38.5 Å². The molecule has 0 aromatic heterocycles. The lowest BCUT2D eigenvalue weighted by Gasteiger charge is -2.19. The zero-order valence-corrected chi connectivity index (χ0v) is 12.7. The molecule has 0 aliphatic rings. The number of carbonyl (C=O) groups is 2. The van der Waals surface area contributed by atoms with E-state index in [0.717, 1.165) is 25.7 Å². The molecule has 3 N–H and O–H groups in total. The van der Waals surface area contributed by atoms with Crippen LogP contribution in [0.2, 0.25) is 0 Å². The number of carboxylic acid groups (broad SMARTS) is 1. The Bertz CT molecular complexity index is 308. The Labute approximate surface area is 126 Å². The number of amides is 1. The summed E-state index contributed by atoms with van der Waals surface area (Å²) in [7, 11) is 0. The number of nitrogens with one attached hydrogen (secondary N) is 1. The summed E-state index contributed by atoms with van der Waals surface area (Å²) >= 11 is 0. The van der Waals surface area contributed by atoms with Crippen molar-refractivity contribution in [3.63, 3.8) is 0 Å². The van der Waals surface area contributed by atoms with Crippen LogP contribution in [0.5, 0.6) is 0 Å². The van der Waals surface area contributed by atoms with Gasteiger partial charge in [0.1, 0.15) is 0 Å². The van der Waals surface area contributed by atoms with Gasteiger partial charge in [-0.3, -0.25) is 14.5 Å². The molecule has 6 heteroatoms. The van der Waals surface area contributed by atoms with Crippen molar-refractivity contribution in [2.24, 2.45) is 0 Å². The number of carboxylic acids is 1. The molecule has 0 saturated heterocycles. The van der Waals surface area contributed by atoms with Crippen LogP contribution in [0.15, 0.2) is 12.7 Å². The maximum atomic E-state index is 11.6. The van der Waals surface area contributed by atoms with Gasteiger partial charge < -0.3 is 15.5 Å². The fourth-order valence-corrected chi connectivity index (χ4v) is 1.95. The average molecular weight is 300 g/mol. The van der Waals surface area contributed by atoms with Gasteiger partial charge in [0.2, 0.25) is 5.91 Å². The minimum absolute atomic E-state index is 0.00559. The highest BCUT2D eigenvalue weighted by Crippen LogP contribution is 2.02. The zero-order chi connectivity index (χ0) is 15.9. The predicted molar refractivity (Wildman–Crippen MR) is 82.1 cm³/mol. The summed E-state index contributed by atoms with van der Waals surface area (Å²) in [6.45, 7) is 5.04. The Kier molecular flexibility index (Phi) is 12.7. The Hall–Kier alpha value is -1.40. The van der Waals surface area contributed by atoms with Gasteiger partial charge in [0.15, 0.2) is 0 Å². The average Bonchev–Trinajstić information content (AvgIpc) is 2.43. The van der Waals surface area contributed by atoms with Crippen molar-refractivity contribution in [2.75, 3.05) is 32.8 Å². The van der Waals surface area contributed by atoms with Crippen molar-refractivity contribution >= 4 is 11.9 Å². The summed E-state index contributed by atoms with van der Waals surface area (Å²) in [6, 6.07) is 0. The van der Waals surface area contributed by atoms with Crippen LogP contribution >= 0.6 is 0 Å². The van der Waals surface area contributed by atoms with Crippen molar-refractivity contribution < 1.29 is 19.8 Å². The molecule has 0 atom stereocenters. The number of unbranched alkanes of at least 4 members (excludes halogenated alkanes) is 3. The van der Waals surface area contributed by atoms with Crippen LogP contribution in [0, 0.1) is 0 Å². The number of aliphatic carboxylic acids is 1. The topological polar surface area (TPSA) is 89.9 Å². The number of rotatable bonds is 14. The molecule has 0 heterocycles. The molecule has 0 spiro atoms. The third-order valence-corrected chi connectivity index (χ3v) is 3.05. The largest absolute Gasteiger partial charge is 0.480 e. The lowest BCUT2D eigenvalue weighted by Crippen LogP contribution is -2.38. The molecule has 0 radical (unpaired) electrons. The standard InChI is InChI=1S/C15H28N2O4/c1-2-3-4-5-6-8-14(19)16-9-11-17(10-7-12-18)13-15(20)21/h2,18H,1,3-13H2,(H,16,19)(H,20,21). The van der Waals surface area contributed by atoms with E-state index in [2.05, 4.69) is 11.9 Å². The molecule has 1 amide bonds. The van der Waals surface area contributed by atoms with Crippen LogP contribution < -0.4 is 5.32 Å². The monoisotopic (exact) mass is 300 g/mol. The first-order chi connectivity index (χ1) is 10.1. The molecule has 0 unspecified atom stereocenters. The Morgan fingerprint density at radius 3 is 2.52 bits per heavy atom. The van der Waals surface area contributed by atoms with Gasteiger partial charge >= 0.3 is 5.97 Å². The van der Waals surface area contributed by atoms with Crippen molar-refractivity contribution in [1.29, 1.82) is 0 Å². The molecule has 0 aliphatic carbocycles. The van der Waals surface area contributed by atoms with Gasteiger partial charge in [-0.05, 0) is 25.7 Å². The minimum atomic E-state index is -0.901. The first-order valence-electron chi connectivity index (χ1n) is 7.52. The summed E-state index contributed by atoms with van der Waals surface area (Å²) in [5.41, 5.74) is 0. The second-order valence-electron chi connectivity index (χ2n) is 4.99. The third kappa shape index (κ3) is 13.3. The molecular formula is C15H28N2O4. The first kappa shape index (κ1) is 19.6. The van der Waals surface area contributed by atoms with Gasteiger partial charge in [0.05, 0.1) is 6.54 Å². The first-order valence-corrected chi connectivity index (χ1v) is 7.52. The van der Waals surface area contributed by atoms with E-state index in [1.54, 1.807) is 4.90 Å². The van der Waals surface area contributed by atoms with Crippen molar-refractivity contribution in [1.82, 2.24) is 10.2 Å². The van der Waals surface area contributed by atoms with Crippen molar-refractivity contribution in [2.45, 2.75) is 38.5 Å². The highest BCUT2D eigenvalue weighted by molar-refractivity contribution is 5.75. The highest BCUT2D eigenvalue weighted by Gasteiger charge is 2.09. The van der Waals surface area contributed by atoms with E-state index < -0.39 is 5.97 Å². The maximum absolute atomic E-state index is 11.6. The summed E-state index contributed by atoms with van der Waals surface area (Å²) < 4.78 is 0. The fraction of sp³-hybridized carbons (Fsp3) is 0.733. The van der Waals surface area contributed by atoms with Crippen LogP contribution in [0.3, 0.4) is 0 Å². The molecule has 0 bridgehead atoms. The number of allylic oxidation sites excluding steroid dienone is 1. The number of aliphatic hydroxyl groups excluding tert-OH is 1. The Morgan fingerprint density at radius 1 is 1.14 bits per heavy atom. The summed E-state index contributed by atoms with van der Waals surface area (Å²) in [5, 5.41) is 20.3. The quantitative estimate of drug-likeness (QED) is 0.329. The predicted octanol–water partition coefficient (Wildman–Crippen LogP) is 1.01. The van der Waals surface area contributed by atoms with E-state index in [1.165, 1.54) is 0 Å². The molecule has 122 valence electrons. The van der Waals surface area contributed by atoms with Crippen molar-refractivity contribution in [3.8, 4) is 0 Å². The van der Waals surface area contributed by atoms with E-state index in [4.69, 9.17) is 10.2 Å². The molecular weight excluding hydrogens is 272 g/mol. The third-order valence-electron chi connectivity index (χ3n) is 3.05. The lowest BCUT2D eigenvalue weighted by atomic mass is 10.1. The van der Waals surface area contributed by atoms with Crippen LogP contribution in [0.4, 0.5) is 0 Å². The van der Waals surface area contributed by atoms with E-state index in [9.17, 15) is 9.59 Å². The number of carbonyl (C=O) groups excluding carboxylic acids is 1. The van der Waals surface area contributed by atoms with E-state index in [-0.39, 0.29) is 19.1 Å². The smallest absolute Gasteiger partial charge is 0.317 e. The van der Waals surface area contributed by atoms with Crippen LogP contribution in [0.25, 0.3) is 0 Å². The SMILES string of the molecule is C=CCCCCCC(=O)NCCN(CCCO)CC(=O)O. The number of hydrogen-bond donors (Lipinski definition) is 3. The minimum Gasteiger partial charge on any atom is -0.480 e. The van der Waals surface area contributed by atoms with Gasteiger partial charge in [0, 0.05) is 32.7 Å². The van der Waals surface area contributed by atoms with Crippen LogP contribution in [-0.2, 0) is 9.59 Å². The molecule has 0 aliphatic heterocycles. The second-order valence-corrected chi connectivity index (χ2v) is 4.99. The molecule has 0 rings (SSSR count). The molecule has 0 aromatic carbocycles. The van der Waals surface area contributed by atoms with E-state index >= 15 is 0 Å². The van der Waals surface area contributed by atoms with Crippen LogP contribution in [-0.4, -0.2) is 59.8 Å². The normalized spacial score (nSPS) is 10.6. The van der Waals surface area contributed by atoms with E-state index in [0.29, 0.717) is 32.5 Å². The number of hydrogen-bond acceptors (Lipinski definition) is 4. The second kappa shape index (κ2) is 13.6. The van der Waals surface area contributed by atoms with Gasteiger partial charge in [-0.25, -0.2) is 0 Å². The van der Waals surface area contributed by atoms with Gasteiger partial charge in [-0.2, -0.15) is 0 Å². The molecule has 6 nitrogen and oxygen atoms in total. The number of nitrogens with zero attached hydrogens (tertiary/aromatic N) is 1.